The van der Waals surface area contributed by atoms with Crippen molar-refractivity contribution in [1.29, 1.82) is 0 Å². The number of nitrogens with one attached hydrogen (secondary N) is 1. The van der Waals surface area contributed by atoms with Gasteiger partial charge in [0, 0.05) is 10.6 Å². The van der Waals surface area contributed by atoms with Gasteiger partial charge in [-0.3, -0.25) is 10.1 Å². The van der Waals surface area contributed by atoms with E-state index in [1.54, 1.807) is 37.3 Å². The normalized spacial score (nSPS) is 12.3. The molecule has 0 amide bonds. The molecule has 0 saturated carbocycles. The van der Waals surface area contributed by atoms with Crippen LogP contribution in [0.25, 0.3) is 11.3 Å². The summed E-state index contributed by atoms with van der Waals surface area (Å²) in [4.78, 5) is 10.7. The topological polar surface area (TPSA) is 62.5 Å². The fraction of sp³-hybridized carbons (Fsp3) is 0.214. The van der Waals surface area contributed by atoms with Crippen molar-refractivity contribution in [2.75, 3.05) is 0 Å². The third-order valence-electron chi connectivity index (χ3n) is 2.81. The molecular weight excluding hydrogens is 301 g/mol. The van der Waals surface area contributed by atoms with E-state index in [0.717, 1.165) is 5.56 Å². The molecule has 2 aromatic rings. The highest BCUT2D eigenvalue weighted by molar-refractivity contribution is 6.36. The van der Waals surface area contributed by atoms with Gasteiger partial charge in [0.05, 0.1) is 11.6 Å². The molecule has 6 heteroatoms. The Morgan fingerprint density at radius 2 is 2.10 bits per heavy atom. The minimum absolute atomic E-state index is 0.332. The van der Waals surface area contributed by atoms with Crippen LogP contribution in [0.3, 0.4) is 0 Å². The van der Waals surface area contributed by atoms with Gasteiger partial charge in [0.25, 0.3) is 0 Å². The van der Waals surface area contributed by atoms with E-state index in [1.807, 2.05) is 0 Å². The van der Waals surface area contributed by atoms with E-state index < -0.39 is 12.0 Å². The Labute approximate surface area is 126 Å². The Hall–Kier alpha value is -1.49. The van der Waals surface area contributed by atoms with Crippen molar-refractivity contribution in [3.05, 3.63) is 46.1 Å². The van der Waals surface area contributed by atoms with E-state index in [4.69, 9.17) is 32.7 Å². The summed E-state index contributed by atoms with van der Waals surface area (Å²) in [5, 5.41) is 12.7. The van der Waals surface area contributed by atoms with Gasteiger partial charge in [-0.25, -0.2) is 0 Å². The van der Waals surface area contributed by atoms with Crippen molar-refractivity contribution >= 4 is 29.2 Å². The molecule has 1 heterocycles. The van der Waals surface area contributed by atoms with Crippen molar-refractivity contribution in [3.8, 4) is 11.3 Å². The molecule has 0 bridgehead atoms. The molecule has 4 nitrogen and oxygen atoms in total. The fourth-order valence-electron chi connectivity index (χ4n) is 1.65. The lowest BCUT2D eigenvalue weighted by molar-refractivity contribution is -0.139. The van der Waals surface area contributed by atoms with Gasteiger partial charge in [-0.1, -0.05) is 23.2 Å². The molecule has 1 aromatic heterocycles. The molecule has 20 heavy (non-hydrogen) atoms. The zero-order chi connectivity index (χ0) is 14.7. The highest BCUT2D eigenvalue weighted by Gasteiger charge is 2.12. The maximum atomic E-state index is 10.7. The first-order valence-electron chi connectivity index (χ1n) is 5.97. The summed E-state index contributed by atoms with van der Waals surface area (Å²) in [5.74, 6) is 0.350. The molecule has 0 aliphatic rings. The second-order valence-electron chi connectivity index (χ2n) is 4.33. The van der Waals surface area contributed by atoms with Gasteiger partial charge in [0.2, 0.25) is 0 Å². The number of hydrogen-bond acceptors (Lipinski definition) is 3. The SMILES string of the molecule is CC(NCc1ccc(-c2ccc(Cl)cc2Cl)o1)C(=O)O. The largest absolute Gasteiger partial charge is 0.480 e. The van der Waals surface area contributed by atoms with Gasteiger partial charge in [0.15, 0.2) is 0 Å². The Balaban J connectivity index is 2.10. The molecule has 1 unspecified atom stereocenters. The fourth-order valence-corrected chi connectivity index (χ4v) is 2.15. The standard InChI is InChI=1S/C14H13Cl2NO3/c1-8(14(18)19)17-7-10-3-5-13(20-10)11-4-2-9(15)6-12(11)16/h2-6,8,17H,7H2,1H3,(H,18,19). The summed E-state index contributed by atoms with van der Waals surface area (Å²) in [5.41, 5.74) is 0.744. The van der Waals surface area contributed by atoms with Crippen LogP contribution in [0.1, 0.15) is 12.7 Å². The number of rotatable bonds is 5. The van der Waals surface area contributed by atoms with Gasteiger partial charge in [-0.2, -0.15) is 0 Å². The quantitative estimate of drug-likeness (QED) is 0.881. The third kappa shape index (κ3) is 3.54. The van der Waals surface area contributed by atoms with Crippen LogP contribution < -0.4 is 5.32 Å². The molecule has 0 fully saturated rings. The highest BCUT2D eigenvalue weighted by atomic mass is 35.5. The zero-order valence-corrected chi connectivity index (χ0v) is 12.2. The second-order valence-corrected chi connectivity index (χ2v) is 5.17. The minimum Gasteiger partial charge on any atom is -0.480 e. The maximum Gasteiger partial charge on any atom is 0.320 e. The Morgan fingerprint density at radius 1 is 1.35 bits per heavy atom. The van der Waals surface area contributed by atoms with Crippen molar-refractivity contribution in [1.82, 2.24) is 5.32 Å². The molecular formula is C14H13Cl2NO3. The molecule has 2 N–H and O–H groups in total. The van der Waals surface area contributed by atoms with E-state index in [2.05, 4.69) is 5.32 Å². The Kier molecular flexibility index (Phi) is 4.70. The molecule has 0 aliphatic carbocycles. The Bertz CT molecular complexity index is 625. The number of aliphatic carboxylic acids is 1. The maximum absolute atomic E-state index is 10.7. The van der Waals surface area contributed by atoms with Gasteiger partial charge in [-0.15, -0.1) is 0 Å². The van der Waals surface area contributed by atoms with Crippen LogP contribution in [-0.2, 0) is 11.3 Å². The van der Waals surface area contributed by atoms with Crippen LogP contribution in [0.4, 0.5) is 0 Å². The lowest BCUT2D eigenvalue weighted by Crippen LogP contribution is -2.32. The number of carbonyl (C=O) groups is 1. The second kappa shape index (κ2) is 6.31. The van der Waals surface area contributed by atoms with E-state index >= 15 is 0 Å². The number of benzene rings is 1. The van der Waals surface area contributed by atoms with E-state index in [9.17, 15) is 4.79 Å². The average Bonchev–Trinajstić information content (AvgIpc) is 2.84. The van der Waals surface area contributed by atoms with Gasteiger partial charge >= 0.3 is 5.97 Å². The zero-order valence-electron chi connectivity index (χ0n) is 10.7. The highest BCUT2D eigenvalue weighted by Crippen LogP contribution is 2.31. The van der Waals surface area contributed by atoms with Crippen molar-refractivity contribution in [2.45, 2.75) is 19.5 Å². The van der Waals surface area contributed by atoms with Crippen LogP contribution in [0.15, 0.2) is 34.7 Å². The average molecular weight is 314 g/mol. The van der Waals surface area contributed by atoms with Gasteiger partial charge in [-0.05, 0) is 37.3 Å². The number of hydrogen-bond donors (Lipinski definition) is 2. The van der Waals surface area contributed by atoms with E-state index in [-0.39, 0.29) is 0 Å². The predicted molar refractivity (Wildman–Crippen MR) is 78.1 cm³/mol. The van der Waals surface area contributed by atoms with Crippen LogP contribution >= 0.6 is 23.2 Å². The third-order valence-corrected chi connectivity index (χ3v) is 3.36. The monoisotopic (exact) mass is 313 g/mol. The van der Waals surface area contributed by atoms with Crippen LogP contribution in [0.2, 0.25) is 10.0 Å². The predicted octanol–water partition coefficient (Wildman–Crippen LogP) is 3.82. The molecule has 0 aliphatic heterocycles. The van der Waals surface area contributed by atoms with Gasteiger partial charge in [0.1, 0.15) is 17.6 Å². The summed E-state index contributed by atoms with van der Waals surface area (Å²) in [6.45, 7) is 1.90. The molecule has 0 radical (unpaired) electrons. The summed E-state index contributed by atoms with van der Waals surface area (Å²) in [6, 6.07) is 8.09. The number of carboxylic acids is 1. The summed E-state index contributed by atoms with van der Waals surface area (Å²) < 4.78 is 5.64. The summed E-state index contributed by atoms with van der Waals surface area (Å²) in [7, 11) is 0. The molecule has 0 saturated heterocycles. The molecule has 1 aromatic carbocycles. The molecule has 106 valence electrons. The molecule has 2 rings (SSSR count). The van der Waals surface area contributed by atoms with Crippen molar-refractivity contribution in [2.24, 2.45) is 0 Å². The van der Waals surface area contributed by atoms with E-state index in [1.165, 1.54) is 0 Å². The van der Waals surface area contributed by atoms with Crippen LogP contribution in [0, 0.1) is 0 Å². The summed E-state index contributed by atoms with van der Waals surface area (Å²) in [6.07, 6.45) is 0. The van der Waals surface area contributed by atoms with Gasteiger partial charge < -0.3 is 9.52 Å². The van der Waals surface area contributed by atoms with Crippen molar-refractivity contribution < 1.29 is 14.3 Å². The molecule has 1 atom stereocenters. The lowest BCUT2D eigenvalue weighted by Gasteiger charge is -2.06. The number of furan rings is 1. The number of carboxylic acid groups (broad SMARTS) is 1. The first-order chi connectivity index (χ1) is 9.47. The van der Waals surface area contributed by atoms with Crippen molar-refractivity contribution in [3.63, 3.8) is 0 Å². The number of halogens is 2. The lowest BCUT2D eigenvalue weighted by atomic mass is 10.2. The first-order valence-corrected chi connectivity index (χ1v) is 6.73. The Morgan fingerprint density at radius 3 is 2.75 bits per heavy atom. The van der Waals surface area contributed by atoms with E-state index in [0.29, 0.717) is 28.1 Å². The smallest absolute Gasteiger partial charge is 0.320 e. The van der Waals surface area contributed by atoms with Crippen LogP contribution in [0.5, 0.6) is 0 Å². The minimum atomic E-state index is -0.905. The van der Waals surface area contributed by atoms with Crippen LogP contribution in [-0.4, -0.2) is 17.1 Å². The first kappa shape index (κ1) is 14.9. The summed E-state index contributed by atoms with van der Waals surface area (Å²) >= 11 is 11.9. The molecule has 0 spiro atoms.